The molecule has 1 aromatic carbocycles. The fourth-order valence-corrected chi connectivity index (χ4v) is 5.28. The first-order valence-corrected chi connectivity index (χ1v) is 9.15. The molecule has 5 unspecified atom stereocenters. The Bertz CT molecular complexity index is 583. The third kappa shape index (κ3) is 2.60. The number of halogens is 2. The Morgan fingerprint density at radius 2 is 2.13 bits per heavy atom. The van der Waals surface area contributed by atoms with Gasteiger partial charge in [0.05, 0.1) is 6.17 Å². The van der Waals surface area contributed by atoms with E-state index < -0.39 is 0 Å². The number of alkyl halides is 1. The molecular weight excluding hydrogens is 313 g/mol. The van der Waals surface area contributed by atoms with Gasteiger partial charge < -0.3 is 5.32 Å². The van der Waals surface area contributed by atoms with Gasteiger partial charge in [0.25, 0.3) is 0 Å². The second kappa shape index (κ2) is 5.99. The van der Waals surface area contributed by atoms with Crippen molar-refractivity contribution in [2.24, 2.45) is 5.92 Å². The minimum absolute atomic E-state index is 0.0233. The predicted molar refractivity (Wildman–Crippen MR) is 91.0 cm³/mol. The van der Waals surface area contributed by atoms with Crippen LogP contribution in [0.2, 0.25) is 0 Å². The van der Waals surface area contributed by atoms with Gasteiger partial charge in [-0.15, -0.1) is 11.6 Å². The topological polar surface area (TPSA) is 27.3 Å². The van der Waals surface area contributed by atoms with E-state index in [1.54, 1.807) is 12.1 Å². The lowest BCUT2D eigenvalue weighted by atomic mass is 9.68. The highest BCUT2D eigenvalue weighted by Gasteiger charge is 2.52. The first kappa shape index (κ1) is 15.8. The van der Waals surface area contributed by atoms with Crippen molar-refractivity contribution in [3.8, 4) is 0 Å². The third-order valence-electron chi connectivity index (χ3n) is 6.21. The Balaban J connectivity index is 1.76. The summed E-state index contributed by atoms with van der Waals surface area (Å²) in [4.78, 5) is 2.61. The number of rotatable bonds is 1. The summed E-state index contributed by atoms with van der Waals surface area (Å²) in [6.07, 6.45) is 3.40. The van der Waals surface area contributed by atoms with Gasteiger partial charge in [-0.1, -0.05) is 18.2 Å². The van der Waals surface area contributed by atoms with E-state index >= 15 is 0 Å². The Kier molecular flexibility index (Phi) is 4.12. The molecule has 0 radical (unpaired) electrons. The first-order valence-electron chi connectivity index (χ1n) is 8.71. The summed E-state index contributed by atoms with van der Waals surface area (Å²) in [7, 11) is 0. The molecule has 5 atom stereocenters. The van der Waals surface area contributed by atoms with E-state index in [0.29, 0.717) is 12.1 Å². The fraction of sp³-hybridized carbons (Fsp3) is 0.667. The molecule has 1 aliphatic carbocycles. The maximum atomic E-state index is 14.5. The van der Waals surface area contributed by atoms with E-state index in [1.807, 2.05) is 12.1 Å². The molecule has 5 heteroatoms. The number of fused-ring (bicyclic) bond motifs is 3. The number of nitrogens with zero attached hydrogens (tertiary/aromatic N) is 1. The number of hydrogen-bond acceptors (Lipinski definition) is 3. The fourth-order valence-electron chi connectivity index (χ4n) is 4.98. The molecule has 4 rings (SSSR count). The lowest BCUT2D eigenvalue weighted by Gasteiger charge is -2.51. The SMILES string of the molecule is CC12CCC(Cl)CC1C(c1ccccc1F)NCC1NCCN12. The molecule has 0 aromatic heterocycles. The van der Waals surface area contributed by atoms with Crippen molar-refractivity contribution in [2.45, 2.75) is 49.3 Å². The second-order valence-electron chi connectivity index (χ2n) is 7.41. The van der Waals surface area contributed by atoms with Crippen LogP contribution in [-0.2, 0) is 0 Å². The van der Waals surface area contributed by atoms with Gasteiger partial charge in [-0.2, -0.15) is 0 Å². The summed E-state index contributed by atoms with van der Waals surface area (Å²) < 4.78 is 14.5. The van der Waals surface area contributed by atoms with E-state index in [4.69, 9.17) is 11.6 Å². The Labute approximate surface area is 142 Å². The molecule has 126 valence electrons. The summed E-state index contributed by atoms with van der Waals surface area (Å²) in [5.74, 6) is 0.208. The standard InChI is InChI=1S/C18H25ClFN3/c1-18-7-6-12(19)10-14(18)17(13-4-2-3-5-15(13)20)22-11-16-21-8-9-23(16)18/h2-5,12,14,16-17,21-22H,6-11H2,1H3. The minimum Gasteiger partial charge on any atom is -0.307 e. The van der Waals surface area contributed by atoms with Crippen molar-refractivity contribution in [2.75, 3.05) is 19.6 Å². The Morgan fingerprint density at radius 1 is 1.30 bits per heavy atom. The summed E-state index contributed by atoms with van der Waals surface area (Å²) in [5, 5.41) is 7.43. The highest BCUT2D eigenvalue weighted by Crippen LogP contribution is 2.48. The van der Waals surface area contributed by atoms with Crippen molar-refractivity contribution in [3.63, 3.8) is 0 Å². The molecule has 2 N–H and O–H groups in total. The molecule has 3 nitrogen and oxygen atoms in total. The van der Waals surface area contributed by atoms with E-state index in [9.17, 15) is 4.39 Å². The average molecular weight is 338 g/mol. The van der Waals surface area contributed by atoms with Crippen molar-refractivity contribution >= 4 is 11.6 Å². The molecule has 0 bridgehead atoms. The van der Waals surface area contributed by atoms with E-state index in [2.05, 4.69) is 22.5 Å². The van der Waals surface area contributed by atoms with Gasteiger partial charge in [-0.3, -0.25) is 10.2 Å². The van der Waals surface area contributed by atoms with Gasteiger partial charge in [0.1, 0.15) is 5.82 Å². The van der Waals surface area contributed by atoms with Crippen LogP contribution in [0.3, 0.4) is 0 Å². The molecule has 2 heterocycles. The van der Waals surface area contributed by atoms with Crippen LogP contribution >= 0.6 is 11.6 Å². The molecule has 2 saturated heterocycles. The highest BCUT2D eigenvalue weighted by atomic mass is 35.5. The average Bonchev–Trinajstić information content (AvgIpc) is 2.98. The highest BCUT2D eigenvalue weighted by molar-refractivity contribution is 6.20. The van der Waals surface area contributed by atoms with Gasteiger partial charge >= 0.3 is 0 Å². The maximum Gasteiger partial charge on any atom is 0.127 e. The summed E-state index contributed by atoms with van der Waals surface area (Å²) in [6, 6.07) is 7.21. The monoisotopic (exact) mass is 337 g/mol. The quantitative estimate of drug-likeness (QED) is 0.772. The first-order chi connectivity index (χ1) is 11.1. The third-order valence-corrected chi connectivity index (χ3v) is 6.61. The normalized spacial score (nSPS) is 41.2. The largest absolute Gasteiger partial charge is 0.307 e. The lowest BCUT2D eigenvalue weighted by Crippen LogP contribution is -2.57. The van der Waals surface area contributed by atoms with Crippen molar-refractivity contribution < 1.29 is 4.39 Å². The molecule has 3 fully saturated rings. The van der Waals surface area contributed by atoms with Crippen LogP contribution in [0.4, 0.5) is 4.39 Å². The van der Waals surface area contributed by atoms with Crippen LogP contribution in [0, 0.1) is 11.7 Å². The van der Waals surface area contributed by atoms with Crippen molar-refractivity contribution in [1.82, 2.24) is 15.5 Å². The molecular formula is C18H25ClFN3. The Hall–Kier alpha value is -0.680. The molecule has 2 aliphatic heterocycles. The number of hydrogen-bond donors (Lipinski definition) is 2. The zero-order valence-electron chi connectivity index (χ0n) is 13.6. The number of nitrogens with one attached hydrogen (secondary N) is 2. The lowest BCUT2D eigenvalue weighted by molar-refractivity contribution is 0.00916. The zero-order chi connectivity index (χ0) is 16.0. The number of benzene rings is 1. The predicted octanol–water partition coefficient (Wildman–Crippen LogP) is 2.87. The van der Waals surface area contributed by atoms with Gasteiger partial charge in [-0.05, 0) is 38.2 Å². The minimum atomic E-state index is -0.112. The summed E-state index contributed by atoms with van der Waals surface area (Å²) in [5.41, 5.74) is 0.853. The maximum absolute atomic E-state index is 14.5. The van der Waals surface area contributed by atoms with Gasteiger partial charge in [-0.25, -0.2) is 4.39 Å². The summed E-state index contributed by atoms with van der Waals surface area (Å²) in [6.45, 7) is 5.30. The molecule has 0 spiro atoms. The van der Waals surface area contributed by atoms with Crippen LogP contribution < -0.4 is 10.6 Å². The molecule has 0 amide bonds. The van der Waals surface area contributed by atoms with Crippen molar-refractivity contribution in [1.29, 1.82) is 0 Å². The van der Waals surface area contributed by atoms with Crippen LogP contribution in [0.15, 0.2) is 24.3 Å². The summed E-state index contributed by atoms with van der Waals surface area (Å²) >= 11 is 6.53. The van der Waals surface area contributed by atoms with Crippen LogP contribution in [0.25, 0.3) is 0 Å². The van der Waals surface area contributed by atoms with Gasteiger partial charge in [0.2, 0.25) is 0 Å². The van der Waals surface area contributed by atoms with E-state index in [0.717, 1.165) is 44.5 Å². The van der Waals surface area contributed by atoms with Crippen LogP contribution in [-0.4, -0.2) is 41.6 Å². The second-order valence-corrected chi connectivity index (χ2v) is 8.02. The van der Waals surface area contributed by atoms with E-state index in [1.165, 1.54) is 0 Å². The van der Waals surface area contributed by atoms with E-state index in [-0.39, 0.29) is 22.8 Å². The van der Waals surface area contributed by atoms with Crippen LogP contribution in [0.1, 0.15) is 37.8 Å². The molecule has 3 aliphatic rings. The smallest absolute Gasteiger partial charge is 0.127 e. The van der Waals surface area contributed by atoms with Gasteiger partial charge in [0, 0.05) is 42.2 Å². The molecule has 1 saturated carbocycles. The zero-order valence-corrected chi connectivity index (χ0v) is 14.3. The Morgan fingerprint density at radius 3 is 2.96 bits per heavy atom. The van der Waals surface area contributed by atoms with Crippen LogP contribution in [0.5, 0.6) is 0 Å². The van der Waals surface area contributed by atoms with Gasteiger partial charge in [0.15, 0.2) is 0 Å². The van der Waals surface area contributed by atoms with Crippen molar-refractivity contribution in [3.05, 3.63) is 35.6 Å². The molecule has 1 aromatic rings. The molecule has 23 heavy (non-hydrogen) atoms.